The monoisotopic (exact) mass is 273 g/mol. The van der Waals surface area contributed by atoms with E-state index in [1.54, 1.807) is 4.90 Å². The molecule has 0 aliphatic carbocycles. The lowest BCUT2D eigenvalue weighted by Gasteiger charge is -2.40. The first kappa shape index (κ1) is 13.5. The summed E-state index contributed by atoms with van der Waals surface area (Å²) in [6.45, 7) is 4.36. The van der Waals surface area contributed by atoms with E-state index in [2.05, 4.69) is 4.90 Å². The van der Waals surface area contributed by atoms with Crippen LogP contribution in [0.5, 0.6) is 0 Å². The number of carboxylic acids is 1. The molecule has 2 amide bonds. The molecule has 2 aliphatic heterocycles. The highest BCUT2D eigenvalue weighted by atomic mass is 32.2. The van der Waals surface area contributed by atoms with Gasteiger partial charge in [-0.3, -0.25) is 0 Å². The van der Waals surface area contributed by atoms with Crippen molar-refractivity contribution in [1.29, 1.82) is 0 Å². The second-order valence-corrected chi connectivity index (χ2v) is 5.91. The molecule has 7 heteroatoms. The molecule has 6 nitrogen and oxygen atoms in total. The summed E-state index contributed by atoms with van der Waals surface area (Å²) in [5.41, 5.74) is 0. The van der Waals surface area contributed by atoms with E-state index in [9.17, 15) is 9.59 Å². The first-order chi connectivity index (χ1) is 8.50. The normalized spacial score (nSPS) is 29.7. The van der Waals surface area contributed by atoms with E-state index in [-0.39, 0.29) is 12.1 Å². The first-order valence-electron chi connectivity index (χ1n) is 6.07. The summed E-state index contributed by atoms with van der Waals surface area (Å²) in [6, 6.07) is -0.668. The number of amides is 2. The van der Waals surface area contributed by atoms with Crippen LogP contribution in [-0.4, -0.2) is 82.2 Å². The number of carbonyl (C=O) groups is 2. The van der Waals surface area contributed by atoms with Crippen molar-refractivity contribution in [3.05, 3.63) is 0 Å². The van der Waals surface area contributed by atoms with Crippen molar-refractivity contribution < 1.29 is 14.7 Å². The number of hydrogen-bond donors (Lipinski definition) is 1. The van der Waals surface area contributed by atoms with Crippen molar-refractivity contribution >= 4 is 23.8 Å². The van der Waals surface area contributed by atoms with E-state index >= 15 is 0 Å². The number of carbonyl (C=O) groups excluding carboxylic acids is 1. The number of aliphatic carboxylic acids is 1. The molecule has 0 saturated carbocycles. The lowest BCUT2D eigenvalue weighted by molar-refractivity contribution is -0.141. The molecule has 0 aromatic carbocycles. The second-order valence-electron chi connectivity index (χ2n) is 4.91. The predicted octanol–water partition coefficient (Wildman–Crippen LogP) is 0.202. The summed E-state index contributed by atoms with van der Waals surface area (Å²) in [7, 11) is 2.03. The highest BCUT2D eigenvalue weighted by Gasteiger charge is 2.38. The van der Waals surface area contributed by atoms with Crippen LogP contribution in [0.25, 0.3) is 0 Å². The molecule has 0 aromatic heterocycles. The molecule has 0 radical (unpaired) electrons. The molecule has 102 valence electrons. The summed E-state index contributed by atoms with van der Waals surface area (Å²) in [6.07, 6.45) is 0. The molecule has 1 N–H and O–H groups in total. The maximum Gasteiger partial charge on any atom is 0.327 e. The molecular formula is C11H19N3O3S. The predicted molar refractivity (Wildman–Crippen MR) is 69.6 cm³/mol. The molecule has 2 saturated heterocycles. The number of thioether (sulfide) groups is 1. The van der Waals surface area contributed by atoms with Gasteiger partial charge in [-0.25, -0.2) is 9.59 Å². The van der Waals surface area contributed by atoms with Crippen LogP contribution in [-0.2, 0) is 4.79 Å². The maximum absolute atomic E-state index is 12.4. The largest absolute Gasteiger partial charge is 0.480 e. The van der Waals surface area contributed by atoms with E-state index in [0.717, 1.165) is 13.1 Å². The van der Waals surface area contributed by atoms with E-state index < -0.39 is 12.0 Å². The maximum atomic E-state index is 12.4. The molecule has 2 atom stereocenters. The Kier molecular flexibility index (Phi) is 4.01. The van der Waals surface area contributed by atoms with Crippen LogP contribution in [0.2, 0.25) is 0 Å². The van der Waals surface area contributed by atoms with Gasteiger partial charge in [0.25, 0.3) is 0 Å². The SMILES string of the molecule is CC1CN(C)CCN1C(=O)N1CSCC1C(=O)O. The van der Waals surface area contributed by atoms with Crippen LogP contribution in [0.1, 0.15) is 6.92 Å². The zero-order valence-corrected chi connectivity index (χ0v) is 11.5. The average Bonchev–Trinajstić information content (AvgIpc) is 2.77. The first-order valence-corrected chi connectivity index (χ1v) is 7.22. The molecular weight excluding hydrogens is 254 g/mol. The number of piperazine rings is 1. The van der Waals surface area contributed by atoms with Crippen LogP contribution in [0.3, 0.4) is 0 Å². The van der Waals surface area contributed by atoms with Gasteiger partial charge in [0, 0.05) is 31.4 Å². The summed E-state index contributed by atoms with van der Waals surface area (Å²) in [4.78, 5) is 28.9. The van der Waals surface area contributed by atoms with Gasteiger partial charge in [-0.1, -0.05) is 0 Å². The number of nitrogens with zero attached hydrogens (tertiary/aromatic N) is 3. The van der Waals surface area contributed by atoms with Crippen LogP contribution in [0.4, 0.5) is 4.79 Å². The summed E-state index contributed by atoms with van der Waals surface area (Å²) >= 11 is 1.50. The van der Waals surface area contributed by atoms with E-state index in [4.69, 9.17) is 5.11 Å². The molecule has 0 bridgehead atoms. The number of urea groups is 1. The lowest BCUT2D eigenvalue weighted by Crippen LogP contribution is -2.58. The minimum Gasteiger partial charge on any atom is -0.480 e. The van der Waals surface area contributed by atoms with Gasteiger partial charge in [0.2, 0.25) is 0 Å². The fraction of sp³-hybridized carbons (Fsp3) is 0.818. The fourth-order valence-electron chi connectivity index (χ4n) is 2.42. The van der Waals surface area contributed by atoms with Crippen molar-refractivity contribution in [2.75, 3.05) is 38.3 Å². The molecule has 2 unspecified atom stereocenters. The zero-order chi connectivity index (χ0) is 13.3. The van der Waals surface area contributed by atoms with Crippen molar-refractivity contribution in [2.24, 2.45) is 0 Å². The third kappa shape index (κ3) is 2.56. The van der Waals surface area contributed by atoms with Crippen LogP contribution < -0.4 is 0 Å². The minimum atomic E-state index is -0.907. The van der Waals surface area contributed by atoms with Gasteiger partial charge in [0.05, 0.1) is 5.88 Å². The summed E-state index contributed by atoms with van der Waals surface area (Å²) in [5.74, 6) is 0.0630. The fourth-order valence-corrected chi connectivity index (χ4v) is 3.56. The van der Waals surface area contributed by atoms with E-state index in [1.807, 2.05) is 14.0 Å². The molecule has 0 spiro atoms. The van der Waals surface area contributed by atoms with Crippen molar-refractivity contribution in [3.63, 3.8) is 0 Å². The third-order valence-electron chi connectivity index (χ3n) is 3.49. The van der Waals surface area contributed by atoms with Gasteiger partial charge in [-0.2, -0.15) is 0 Å². The highest BCUT2D eigenvalue weighted by Crippen LogP contribution is 2.24. The Bertz CT molecular complexity index is 352. The Hall–Kier alpha value is -0.950. The Morgan fingerprint density at radius 3 is 2.61 bits per heavy atom. The Morgan fingerprint density at radius 2 is 2.00 bits per heavy atom. The van der Waals surface area contributed by atoms with Gasteiger partial charge < -0.3 is 19.8 Å². The van der Waals surface area contributed by atoms with Crippen LogP contribution in [0, 0.1) is 0 Å². The third-order valence-corrected chi connectivity index (χ3v) is 4.50. The summed E-state index contributed by atoms with van der Waals surface area (Å²) in [5, 5.41) is 9.10. The topological polar surface area (TPSA) is 64.1 Å². The van der Waals surface area contributed by atoms with Gasteiger partial charge in [0.15, 0.2) is 0 Å². The standard InChI is InChI=1S/C11H19N3O3S/c1-8-5-12(2)3-4-13(8)11(17)14-7-18-6-9(14)10(15)16/h8-9H,3-7H2,1-2H3,(H,15,16). The molecule has 2 heterocycles. The second kappa shape index (κ2) is 5.36. The Balaban J connectivity index is 2.04. The van der Waals surface area contributed by atoms with Gasteiger partial charge in [0.1, 0.15) is 6.04 Å². The number of carboxylic acid groups (broad SMARTS) is 1. The molecule has 0 aromatic rings. The van der Waals surface area contributed by atoms with Crippen LogP contribution in [0.15, 0.2) is 0 Å². The van der Waals surface area contributed by atoms with Crippen molar-refractivity contribution in [2.45, 2.75) is 19.0 Å². The van der Waals surface area contributed by atoms with E-state index in [0.29, 0.717) is 18.2 Å². The van der Waals surface area contributed by atoms with Crippen molar-refractivity contribution in [1.82, 2.24) is 14.7 Å². The average molecular weight is 273 g/mol. The molecule has 2 aliphatic rings. The van der Waals surface area contributed by atoms with Gasteiger partial charge in [-0.15, -0.1) is 11.8 Å². The molecule has 2 fully saturated rings. The van der Waals surface area contributed by atoms with Gasteiger partial charge >= 0.3 is 12.0 Å². The van der Waals surface area contributed by atoms with Crippen molar-refractivity contribution in [3.8, 4) is 0 Å². The summed E-state index contributed by atoms with van der Waals surface area (Å²) < 4.78 is 0. The number of hydrogen-bond acceptors (Lipinski definition) is 4. The number of likely N-dealkylation sites (N-methyl/N-ethyl adjacent to an activating group) is 1. The zero-order valence-electron chi connectivity index (χ0n) is 10.7. The number of rotatable bonds is 1. The van der Waals surface area contributed by atoms with Gasteiger partial charge in [-0.05, 0) is 14.0 Å². The Labute approximate surface area is 111 Å². The smallest absolute Gasteiger partial charge is 0.327 e. The van der Waals surface area contributed by atoms with E-state index in [1.165, 1.54) is 16.7 Å². The molecule has 2 rings (SSSR count). The molecule has 18 heavy (non-hydrogen) atoms. The minimum absolute atomic E-state index is 0.131. The highest BCUT2D eigenvalue weighted by molar-refractivity contribution is 7.99. The van der Waals surface area contributed by atoms with Crippen LogP contribution >= 0.6 is 11.8 Å². The lowest BCUT2D eigenvalue weighted by atomic mass is 10.2. The Morgan fingerprint density at radius 1 is 1.28 bits per heavy atom. The quantitative estimate of drug-likeness (QED) is 0.739.